The normalized spacial score (nSPS) is 10.3. The summed E-state index contributed by atoms with van der Waals surface area (Å²) in [7, 11) is 1.64. The third-order valence-electron chi connectivity index (χ3n) is 2.79. The Morgan fingerprint density at radius 2 is 1.84 bits per heavy atom. The SMILES string of the molecule is COc1ccc(Oc2ncc(CCN)cc2C)cc1. The van der Waals surface area contributed by atoms with Crippen molar-refractivity contribution in [1.82, 2.24) is 4.98 Å². The molecule has 0 aliphatic heterocycles. The first-order chi connectivity index (χ1) is 9.22. The van der Waals surface area contributed by atoms with Crippen molar-refractivity contribution in [2.45, 2.75) is 13.3 Å². The van der Waals surface area contributed by atoms with Crippen LogP contribution in [-0.2, 0) is 6.42 Å². The van der Waals surface area contributed by atoms with Crippen molar-refractivity contribution in [2.24, 2.45) is 5.73 Å². The molecule has 0 amide bonds. The highest BCUT2D eigenvalue weighted by molar-refractivity contribution is 5.36. The molecule has 0 bridgehead atoms. The van der Waals surface area contributed by atoms with Gasteiger partial charge >= 0.3 is 0 Å². The van der Waals surface area contributed by atoms with E-state index in [-0.39, 0.29) is 0 Å². The molecule has 1 aromatic heterocycles. The van der Waals surface area contributed by atoms with Crippen LogP contribution in [0.15, 0.2) is 36.5 Å². The molecule has 2 N–H and O–H groups in total. The molecule has 0 spiro atoms. The van der Waals surface area contributed by atoms with E-state index in [0.717, 1.165) is 29.0 Å². The smallest absolute Gasteiger partial charge is 0.222 e. The Morgan fingerprint density at radius 3 is 2.42 bits per heavy atom. The Labute approximate surface area is 113 Å². The van der Waals surface area contributed by atoms with Crippen LogP contribution in [0.5, 0.6) is 17.4 Å². The second-order valence-electron chi connectivity index (χ2n) is 4.28. The number of nitrogens with zero attached hydrogens (tertiary/aromatic N) is 1. The number of ether oxygens (including phenoxy) is 2. The van der Waals surface area contributed by atoms with Crippen molar-refractivity contribution in [3.63, 3.8) is 0 Å². The molecule has 19 heavy (non-hydrogen) atoms. The largest absolute Gasteiger partial charge is 0.497 e. The third kappa shape index (κ3) is 3.45. The standard InChI is InChI=1S/C15H18N2O2/c1-11-9-12(7-8-16)10-17-15(11)19-14-5-3-13(18-2)4-6-14/h3-6,9-10H,7-8,16H2,1-2H3. The molecule has 100 valence electrons. The van der Waals surface area contributed by atoms with Crippen molar-refractivity contribution in [1.29, 1.82) is 0 Å². The zero-order valence-electron chi connectivity index (χ0n) is 11.2. The van der Waals surface area contributed by atoms with Crippen molar-refractivity contribution < 1.29 is 9.47 Å². The van der Waals surface area contributed by atoms with Gasteiger partial charge in [-0.05, 0) is 55.8 Å². The summed E-state index contributed by atoms with van der Waals surface area (Å²) in [6.45, 7) is 2.60. The van der Waals surface area contributed by atoms with Crippen LogP contribution in [0.4, 0.5) is 0 Å². The highest BCUT2D eigenvalue weighted by Crippen LogP contribution is 2.25. The van der Waals surface area contributed by atoms with Gasteiger partial charge in [0.1, 0.15) is 11.5 Å². The Bertz CT molecular complexity index is 538. The van der Waals surface area contributed by atoms with E-state index in [2.05, 4.69) is 11.1 Å². The number of rotatable bonds is 5. The molecule has 1 aromatic carbocycles. The van der Waals surface area contributed by atoms with Crippen LogP contribution in [0.25, 0.3) is 0 Å². The molecular weight excluding hydrogens is 240 g/mol. The van der Waals surface area contributed by atoms with Crippen LogP contribution in [-0.4, -0.2) is 18.6 Å². The molecule has 0 radical (unpaired) electrons. The zero-order chi connectivity index (χ0) is 13.7. The second-order valence-corrected chi connectivity index (χ2v) is 4.28. The highest BCUT2D eigenvalue weighted by atomic mass is 16.5. The first-order valence-corrected chi connectivity index (χ1v) is 6.20. The number of benzene rings is 1. The van der Waals surface area contributed by atoms with Crippen molar-refractivity contribution in [3.8, 4) is 17.4 Å². The summed E-state index contributed by atoms with van der Waals surface area (Å²) in [6.07, 6.45) is 2.63. The Morgan fingerprint density at radius 1 is 1.16 bits per heavy atom. The highest BCUT2D eigenvalue weighted by Gasteiger charge is 2.04. The van der Waals surface area contributed by atoms with E-state index >= 15 is 0 Å². The maximum absolute atomic E-state index is 5.74. The summed E-state index contributed by atoms with van der Waals surface area (Å²) in [5.41, 5.74) is 7.66. The Kier molecular flexibility index (Phi) is 4.36. The van der Waals surface area contributed by atoms with Gasteiger partial charge < -0.3 is 15.2 Å². The van der Waals surface area contributed by atoms with Crippen LogP contribution >= 0.6 is 0 Å². The molecule has 0 aliphatic carbocycles. The lowest BCUT2D eigenvalue weighted by Crippen LogP contribution is -2.03. The molecule has 0 saturated carbocycles. The van der Waals surface area contributed by atoms with Crippen LogP contribution in [0.2, 0.25) is 0 Å². The molecule has 0 unspecified atom stereocenters. The number of methoxy groups -OCH3 is 1. The lowest BCUT2D eigenvalue weighted by atomic mass is 10.1. The molecule has 0 fully saturated rings. The number of hydrogen-bond donors (Lipinski definition) is 1. The van der Waals surface area contributed by atoms with Gasteiger partial charge in [0, 0.05) is 11.8 Å². The lowest BCUT2D eigenvalue weighted by Gasteiger charge is -2.09. The summed E-state index contributed by atoms with van der Waals surface area (Å²) in [4.78, 5) is 4.33. The van der Waals surface area contributed by atoms with E-state index in [9.17, 15) is 0 Å². The average Bonchev–Trinajstić information content (AvgIpc) is 2.43. The molecule has 4 nitrogen and oxygen atoms in total. The lowest BCUT2D eigenvalue weighted by molar-refractivity contribution is 0.412. The maximum Gasteiger partial charge on any atom is 0.222 e. The molecule has 2 aromatic rings. The van der Waals surface area contributed by atoms with Gasteiger partial charge in [-0.15, -0.1) is 0 Å². The Hall–Kier alpha value is -2.07. The topological polar surface area (TPSA) is 57.4 Å². The summed E-state index contributed by atoms with van der Waals surface area (Å²) >= 11 is 0. The van der Waals surface area contributed by atoms with Crippen LogP contribution in [0.3, 0.4) is 0 Å². The monoisotopic (exact) mass is 258 g/mol. The predicted octanol–water partition coefficient (Wildman–Crippen LogP) is 2.69. The fourth-order valence-corrected chi connectivity index (χ4v) is 1.79. The van der Waals surface area contributed by atoms with E-state index in [1.54, 1.807) is 13.3 Å². The third-order valence-corrected chi connectivity index (χ3v) is 2.79. The van der Waals surface area contributed by atoms with Gasteiger partial charge in [-0.25, -0.2) is 4.98 Å². The summed E-state index contributed by atoms with van der Waals surface area (Å²) < 4.78 is 10.8. The van der Waals surface area contributed by atoms with Gasteiger partial charge in [0.2, 0.25) is 5.88 Å². The van der Waals surface area contributed by atoms with Crippen LogP contribution < -0.4 is 15.2 Å². The van der Waals surface area contributed by atoms with Gasteiger partial charge in [-0.2, -0.15) is 0 Å². The van der Waals surface area contributed by atoms with Crippen molar-refractivity contribution >= 4 is 0 Å². The molecule has 0 aliphatic rings. The number of aryl methyl sites for hydroxylation is 1. The van der Waals surface area contributed by atoms with Crippen LogP contribution in [0.1, 0.15) is 11.1 Å². The number of pyridine rings is 1. The summed E-state index contributed by atoms with van der Waals surface area (Å²) in [5.74, 6) is 2.16. The van der Waals surface area contributed by atoms with E-state index in [1.165, 1.54) is 0 Å². The van der Waals surface area contributed by atoms with Gasteiger partial charge in [-0.3, -0.25) is 0 Å². The summed E-state index contributed by atoms with van der Waals surface area (Å²) in [5, 5.41) is 0. The molecular formula is C15H18N2O2. The number of hydrogen-bond acceptors (Lipinski definition) is 4. The van der Waals surface area contributed by atoms with Crippen molar-refractivity contribution in [3.05, 3.63) is 47.7 Å². The fourth-order valence-electron chi connectivity index (χ4n) is 1.79. The van der Waals surface area contributed by atoms with E-state index in [4.69, 9.17) is 15.2 Å². The van der Waals surface area contributed by atoms with Gasteiger partial charge in [-0.1, -0.05) is 0 Å². The quantitative estimate of drug-likeness (QED) is 0.895. The first kappa shape index (κ1) is 13.4. The molecule has 1 heterocycles. The maximum atomic E-state index is 5.74. The Balaban J connectivity index is 2.13. The second kappa shape index (κ2) is 6.20. The van der Waals surface area contributed by atoms with E-state index in [0.29, 0.717) is 12.4 Å². The van der Waals surface area contributed by atoms with Gasteiger partial charge in [0.25, 0.3) is 0 Å². The minimum Gasteiger partial charge on any atom is -0.497 e. The molecule has 2 rings (SSSR count). The van der Waals surface area contributed by atoms with Crippen molar-refractivity contribution in [2.75, 3.05) is 13.7 Å². The minimum atomic E-state index is 0.617. The molecule has 0 saturated heterocycles. The van der Waals surface area contributed by atoms with Crippen LogP contribution in [0, 0.1) is 6.92 Å². The van der Waals surface area contributed by atoms with E-state index < -0.39 is 0 Å². The van der Waals surface area contributed by atoms with E-state index in [1.807, 2.05) is 31.2 Å². The van der Waals surface area contributed by atoms with Gasteiger partial charge in [0.15, 0.2) is 0 Å². The number of nitrogens with two attached hydrogens (primary N) is 1. The zero-order valence-corrected chi connectivity index (χ0v) is 11.2. The fraction of sp³-hybridized carbons (Fsp3) is 0.267. The first-order valence-electron chi connectivity index (χ1n) is 6.20. The minimum absolute atomic E-state index is 0.617. The average molecular weight is 258 g/mol. The van der Waals surface area contributed by atoms with Gasteiger partial charge in [0.05, 0.1) is 7.11 Å². The molecule has 0 atom stereocenters. The number of aromatic nitrogens is 1. The predicted molar refractivity (Wildman–Crippen MR) is 74.8 cm³/mol. The molecule has 4 heteroatoms. The summed E-state index contributed by atoms with van der Waals surface area (Å²) in [6, 6.07) is 9.47.